The van der Waals surface area contributed by atoms with Crippen LogP contribution in [0.4, 0.5) is 0 Å². The van der Waals surface area contributed by atoms with Gasteiger partial charge >= 0.3 is 5.97 Å². The maximum Gasteiger partial charge on any atom is 0.350 e. The Hall–Kier alpha value is -1.84. The van der Waals surface area contributed by atoms with Crippen LogP contribution in [0, 0.1) is 0 Å². The molecule has 0 N–H and O–H groups in total. The Balaban J connectivity index is 2.05. The van der Waals surface area contributed by atoms with E-state index in [-0.39, 0.29) is 11.4 Å². The predicted molar refractivity (Wildman–Crippen MR) is 77.8 cm³/mol. The quantitative estimate of drug-likeness (QED) is 0.797. The monoisotopic (exact) mass is 275 g/mol. The van der Waals surface area contributed by atoms with Crippen molar-refractivity contribution in [3.63, 3.8) is 0 Å². The van der Waals surface area contributed by atoms with Crippen LogP contribution in [0.15, 0.2) is 29.4 Å². The van der Waals surface area contributed by atoms with Crippen molar-refractivity contribution in [1.29, 1.82) is 0 Å². The number of hydrogen-bond acceptors (Lipinski definition) is 4. The largest absolute Gasteiger partial charge is 0.463 e. The van der Waals surface area contributed by atoms with Gasteiger partial charge in [-0.05, 0) is 23.5 Å². The summed E-state index contributed by atoms with van der Waals surface area (Å²) in [6.07, 6.45) is -0.138. The minimum atomic E-state index is -0.604. The summed E-state index contributed by atoms with van der Waals surface area (Å²) in [5, 5.41) is 4.00. The number of benzene rings is 1. The molecule has 0 aliphatic carbocycles. The summed E-state index contributed by atoms with van der Waals surface area (Å²) < 4.78 is 4.94. The van der Waals surface area contributed by atoms with Crippen molar-refractivity contribution in [2.45, 2.75) is 45.6 Å². The van der Waals surface area contributed by atoms with E-state index in [4.69, 9.17) is 9.57 Å². The lowest BCUT2D eigenvalue weighted by Gasteiger charge is -2.19. The first-order valence-corrected chi connectivity index (χ1v) is 6.92. The van der Waals surface area contributed by atoms with Crippen LogP contribution in [0.1, 0.15) is 45.2 Å². The van der Waals surface area contributed by atoms with Crippen LogP contribution in [0.5, 0.6) is 0 Å². The van der Waals surface area contributed by atoms with Crippen molar-refractivity contribution in [3.05, 3.63) is 35.4 Å². The van der Waals surface area contributed by atoms with E-state index in [0.29, 0.717) is 13.0 Å². The third-order valence-electron chi connectivity index (χ3n) is 3.30. The van der Waals surface area contributed by atoms with Gasteiger partial charge in [0.05, 0.1) is 12.3 Å². The molecular weight excluding hydrogens is 254 g/mol. The molecule has 108 valence electrons. The molecule has 1 unspecified atom stereocenters. The topological polar surface area (TPSA) is 47.9 Å². The van der Waals surface area contributed by atoms with Crippen molar-refractivity contribution in [2.75, 3.05) is 6.61 Å². The molecule has 0 aromatic heterocycles. The van der Waals surface area contributed by atoms with Crippen LogP contribution in [0.2, 0.25) is 0 Å². The van der Waals surface area contributed by atoms with Crippen molar-refractivity contribution in [3.8, 4) is 0 Å². The lowest BCUT2D eigenvalue weighted by atomic mass is 9.86. The van der Waals surface area contributed by atoms with Gasteiger partial charge in [-0.2, -0.15) is 0 Å². The highest BCUT2D eigenvalue weighted by Gasteiger charge is 2.30. The number of esters is 1. The zero-order valence-corrected chi connectivity index (χ0v) is 12.5. The van der Waals surface area contributed by atoms with Gasteiger partial charge in [-0.1, -0.05) is 50.2 Å². The Bertz CT molecular complexity index is 512. The molecule has 4 heteroatoms. The molecule has 0 radical (unpaired) electrons. The Morgan fingerprint density at radius 1 is 1.35 bits per heavy atom. The molecule has 0 bridgehead atoms. The van der Waals surface area contributed by atoms with E-state index in [0.717, 1.165) is 11.3 Å². The molecule has 1 heterocycles. The van der Waals surface area contributed by atoms with Crippen molar-refractivity contribution in [1.82, 2.24) is 0 Å². The fourth-order valence-electron chi connectivity index (χ4n) is 2.07. The normalized spacial score (nSPS) is 18.4. The van der Waals surface area contributed by atoms with Crippen LogP contribution in [0.3, 0.4) is 0 Å². The first-order chi connectivity index (χ1) is 9.41. The van der Waals surface area contributed by atoms with Crippen LogP contribution in [-0.4, -0.2) is 24.4 Å². The fourth-order valence-corrected chi connectivity index (χ4v) is 2.07. The summed E-state index contributed by atoms with van der Waals surface area (Å²) >= 11 is 0. The molecule has 0 spiro atoms. The van der Waals surface area contributed by atoms with E-state index in [9.17, 15) is 4.79 Å². The molecule has 0 amide bonds. The molecule has 4 nitrogen and oxygen atoms in total. The average molecular weight is 275 g/mol. The first-order valence-electron chi connectivity index (χ1n) is 6.92. The zero-order valence-electron chi connectivity index (χ0n) is 12.5. The third kappa shape index (κ3) is 3.18. The Morgan fingerprint density at radius 3 is 2.55 bits per heavy atom. The number of carbonyl (C=O) groups excluding carboxylic acids is 1. The number of nitrogens with zero attached hydrogens (tertiary/aromatic N) is 1. The maximum absolute atomic E-state index is 11.6. The third-order valence-corrected chi connectivity index (χ3v) is 3.30. The van der Waals surface area contributed by atoms with Crippen LogP contribution in [-0.2, 0) is 19.8 Å². The summed E-state index contributed by atoms with van der Waals surface area (Å²) in [5.41, 5.74) is 3.18. The van der Waals surface area contributed by atoms with Crippen LogP contribution in [0.25, 0.3) is 0 Å². The molecule has 1 aromatic rings. The van der Waals surface area contributed by atoms with Gasteiger partial charge in [-0.25, -0.2) is 4.79 Å². The molecule has 20 heavy (non-hydrogen) atoms. The highest BCUT2D eigenvalue weighted by atomic mass is 16.7. The van der Waals surface area contributed by atoms with Gasteiger partial charge < -0.3 is 9.57 Å². The van der Waals surface area contributed by atoms with E-state index in [1.807, 2.05) is 12.1 Å². The zero-order chi connectivity index (χ0) is 14.8. The highest BCUT2D eigenvalue weighted by Crippen LogP contribution is 2.24. The SMILES string of the molecule is CCOC(=O)C1CC(c2ccc(C(C)(C)C)cc2)=NO1. The molecule has 1 atom stereocenters. The standard InChI is InChI=1S/C16H21NO3/c1-5-19-15(18)14-10-13(17-20-14)11-6-8-12(9-7-11)16(2,3)4/h6-9,14H,5,10H2,1-4H3. The summed E-state index contributed by atoms with van der Waals surface area (Å²) in [6.45, 7) is 8.66. The first kappa shape index (κ1) is 14.6. The van der Waals surface area contributed by atoms with Crippen LogP contribution < -0.4 is 0 Å². The maximum atomic E-state index is 11.6. The van der Waals surface area contributed by atoms with Gasteiger partial charge in [0.15, 0.2) is 0 Å². The number of ether oxygens (including phenoxy) is 1. The van der Waals surface area contributed by atoms with Crippen molar-refractivity contribution in [2.24, 2.45) is 5.16 Å². The van der Waals surface area contributed by atoms with Gasteiger partial charge in [-0.3, -0.25) is 0 Å². The van der Waals surface area contributed by atoms with Gasteiger partial charge in [-0.15, -0.1) is 0 Å². The fraction of sp³-hybridized carbons (Fsp3) is 0.500. The minimum Gasteiger partial charge on any atom is -0.463 e. The van der Waals surface area contributed by atoms with E-state index >= 15 is 0 Å². The predicted octanol–water partition coefficient (Wildman–Crippen LogP) is 3.04. The molecule has 1 aliphatic rings. The van der Waals surface area contributed by atoms with Crippen molar-refractivity contribution >= 4 is 11.7 Å². The van der Waals surface area contributed by atoms with Gasteiger partial charge in [0, 0.05) is 6.42 Å². The van der Waals surface area contributed by atoms with Gasteiger partial charge in [0.25, 0.3) is 0 Å². The van der Waals surface area contributed by atoms with Crippen LogP contribution >= 0.6 is 0 Å². The van der Waals surface area contributed by atoms with Crippen molar-refractivity contribution < 1.29 is 14.4 Å². The number of rotatable bonds is 3. The smallest absolute Gasteiger partial charge is 0.350 e. The Kier molecular flexibility index (Phi) is 4.12. The average Bonchev–Trinajstić information content (AvgIpc) is 2.88. The molecule has 0 saturated carbocycles. The summed E-state index contributed by atoms with van der Waals surface area (Å²) in [5.74, 6) is -0.349. The van der Waals surface area contributed by atoms with E-state index in [2.05, 4.69) is 38.1 Å². The molecule has 1 aromatic carbocycles. The second-order valence-electron chi connectivity index (χ2n) is 5.92. The molecular formula is C16H21NO3. The number of oxime groups is 1. The second kappa shape index (κ2) is 5.65. The van der Waals surface area contributed by atoms with E-state index in [1.165, 1.54) is 5.56 Å². The lowest BCUT2D eigenvalue weighted by molar-refractivity contribution is -0.154. The molecule has 0 saturated heterocycles. The minimum absolute atomic E-state index is 0.125. The second-order valence-corrected chi connectivity index (χ2v) is 5.92. The number of hydrogen-bond donors (Lipinski definition) is 0. The molecule has 2 rings (SSSR count). The summed E-state index contributed by atoms with van der Waals surface area (Å²) in [6, 6.07) is 8.23. The molecule has 0 fully saturated rings. The highest BCUT2D eigenvalue weighted by molar-refractivity contribution is 6.03. The number of carbonyl (C=O) groups is 1. The van der Waals surface area contributed by atoms with E-state index < -0.39 is 6.10 Å². The Labute approximate surface area is 119 Å². The lowest BCUT2D eigenvalue weighted by Crippen LogP contribution is -2.23. The van der Waals surface area contributed by atoms with Gasteiger partial charge in [0.1, 0.15) is 0 Å². The Morgan fingerprint density at radius 2 is 2.00 bits per heavy atom. The summed E-state index contributed by atoms with van der Waals surface area (Å²) in [7, 11) is 0. The van der Waals surface area contributed by atoms with E-state index in [1.54, 1.807) is 6.92 Å². The summed E-state index contributed by atoms with van der Waals surface area (Å²) in [4.78, 5) is 16.7. The van der Waals surface area contributed by atoms with Gasteiger partial charge in [0.2, 0.25) is 6.10 Å². The molecule has 1 aliphatic heterocycles.